The Balaban J connectivity index is 1.97. The third kappa shape index (κ3) is 3.92. The molecule has 1 aliphatic heterocycles. The van der Waals surface area contributed by atoms with Crippen LogP contribution in [0, 0.1) is 5.92 Å². The van der Waals surface area contributed by atoms with E-state index in [1.165, 1.54) is 0 Å². The molecule has 1 saturated heterocycles. The number of hydrogen-bond donors (Lipinski definition) is 1. The highest BCUT2D eigenvalue weighted by atomic mass is 32.2. The smallest absolute Gasteiger partial charge is 0.240 e. The van der Waals surface area contributed by atoms with E-state index in [1.807, 2.05) is 6.92 Å². The average Bonchev–Trinajstić information content (AvgIpc) is 2.91. The van der Waals surface area contributed by atoms with Crippen LogP contribution in [0.2, 0.25) is 0 Å². The Morgan fingerprint density at radius 2 is 2.11 bits per heavy atom. The monoisotopic (exact) mass is 285 g/mol. The van der Waals surface area contributed by atoms with Crippen LogP contribution >= 0.6 is 0 Å². The molecule has 5 nitrogen and oxygen atoms in total. The molecular weight excluding hydrogens is 266 g/mol. The van der Waals surface area contributed by atoms with Crippen LogP contribution in [0.3, 0.4) is 0 Å². The zero-order valence-electron chi connectivity index (χ0n) is 11.0. The maximum absolute atomic E-state index is 12.1. The number of benzene rings is 1. The standard InChI is InChI=1S/C13H19NO4S/c1-2-18-12-3-5-13(6-4-12)19(15,16)14-9-11-7-8-17-10-11/h3-6,11,14H,2,7-10H2,1H3. The minimum atomic E-state index is -3.44. The molecular formula is C13H19NO4S. The van der Waals surface area contributed by atoms with Crippen molar-refractivity contribution < 1.29 is 17.9 Å². The summed E-state index contributed by atoms with van der Waals surface area (Å²) in [5.41, 5.74) is 0. The SMILES string of the molecule is CCOc1ccc(S(=O)(=O)NCC2CCOC2)cc1. The van der Waals surface area contributed by atoms with E-state index in [2.05, 4.69) is 4.72 Å². The van der Waals surface area contributed by atoms with Crippen molar-refractivity contribution >= 4 is 10.0 Å². The van der Waals surface area contributed by atoms with E-state index in [4.69, 9.17) is 9.47 Å². The van der Waals surface area contributed by atoms with Crippen LogP contribution in [0.4, 0.5) is 0 Å². The first-order valence-corrected chi connectivity index (χ1v) is 7.90. The molecule has 0 aromatic heterocycles. The van der Waals surface area contributed by atoms with Crippen molar-refractivity contribution in [2.75, 3.05) is 26.4 Å². The highest BCUT2D eigenvalue weighted by Gasteiger charge is 2.20. The minimum Gasteiger partial charge on any atom is -0.494 e. The number of nitrogens with one attached hydrogen (secondary N) is 1. The Hall–Kier alpha value is -1.11. The topological polar surface area (TPSA) is 64.6 Å². The Bertz CT molecular complexity index is 492. The molecule has 1 aromatic carbocycles. The summed E-state index contributed by atoms with van der Waals surface area (Å²) in [7, 11) is -3.44. The molecule has 1 unspecified atom stereocenters. The first-order valence-electron chi connectivity index (χ1n) is 6.42. The highest BCUT2D eigenvalue weighted by Crippen LogP contribution is 2.17. The summed E-state index contributed by atoms with van der Waals surface area (Å²) >= 11 is 0. The fourth-order valence-electron chi connectivity index (χ4n) is 1.94. The summed E-state index contributed by atoms with van der Waals surface area (Å²) in [6.45, 7) is 4.22. The van der Waals surface area contributed by atoms with Gasteiger partial charge in [0.1, 0.15) is 5.75 Å². The van der Waals surface area contributed by atoms with Gasteiger partial charge in [0.05, 0.1) is 18.1 Å². The normalized spacial score (nSPS) is 19.5. The molecule has 0 aliphatic carbocycles. The number of ether oxygens (including phenoxy) is 2. The number of hydrogen-bond acceptors (Lipinski definition) is 4. The lowest BCUT2D eigenvalue weighted by molar-refractivity contribution is 0.186. The van der Waals surface area contributed by atoms with Crippen molar-refractivity contribution in [2.24, 2.45) is 5.92 Å². The van der Waals surface area contributed by atoms with Gasteiger partial charge in [-0.2, -0.15) is 0 Å². The van der Waals surface area contributed by atoms with E-state index in [0.717, 1.165) is 13.0 Å². The maximum Gasteiger partial charge on any atom is 0.240 e. The van der Waals surface area contributed by atoms with Crippen molar-refractivity contribution in [3.8, 4) is 5.75 Å². The quantitative estimate of drug-likeness (QED) is 0.858. The summed E-state index contributed by atoms with van der Waals surface area (Å²) < 4.78 is 37.3. The van der Waals surface area contributed by atoms with Crippen molar-refractivity contribution in [1.29, 1.82) is 0 Å². The molecule has 2 rings (SSSR count). The fraction of sp³-hybridized carbons (Fsp3) is 0.538. The van der Waals surface area contributed by atoms with Gasteiger partial charge in [0.15, 0.2) is 0 Å². The van der Waals surface area contributed by atoms with E-state index in [1.54, 1.807) is 24.3 Å². The van der Waals surface area contributed by atoms with Crippen LogP contribution in [0.15, 0.2) is 29.2 Å². The molecule has 1 heterocycles. The highest BCUT2D eigenvalue weighted by molar-refractivity contribution is 7.89. The molecule has 19 heavy (non-hydrogen) atoms. The summed E-state index contributed by atoms with van der Waals surface area (Å²) in [5, 5.41) is 0. The zero-order valence-corrected chi connectivity index (χ0v) is 11.8. The molecule has 0 saturated carbocycles. The van der Waals surface area contributed by atoms with Gasteiger partial charge in [0.25, 0.3) is 0 Å². The van der Waals surface area contributed by atoms with Gasteiger partial charge in [-0.1, -0.05) is 0 Å². The van der Waals surface area contributed by atoms with Gasteiger partial charge in [0.2, 0.25) is 10.0 Å². The van der Waals surface area contributed by atoms with Gasteiger partial charge in [-0.15, -0.1) is 0 Å². The second-order valence-electron chi connectivity index (χ2n) is 4.49. The van der Waals surface area contributed by atoms with E-state index in [9.17, 15) is 8.42 Å². The van der Waals surface area contributed by atoms with Crippen LogP contribution in [0.25, 0.3) is 0 Å². The molecule has 1 aliphatic rings. The van der Waals surface area contributed by atoms with Crippen LogP contribution < -0.4 is 9.46 Å². The molecule has 1 fully saturated rings. The van der Waals surface area contributed by atoms with Gasteiger partial charge in [0, 0.05) is 13.2 Å². The molecule has 0 amide bonds. The third-order valence-electron chi connectivity index (χ3n) is 3.03. The Labute approximate surface area is 114 Å². The number of sulfonamides is 1. The van der Waals surface area contributed by atoms with E-state index >= 15 is 0 Å². The largest absolute Gasteiger partial charge is 0.494 e. The molecule has 0 radical (unpaired) electrons. The van der Waals surface area contributed by atoms with Crippen molar-refractivity contribution in [3.63, 3.8) is 0 Å². The average molecular weight is 285 g/mol. The van der Waals surface area contributed by atoms with Crippen molar-refractivity contribution in [2.45, 2.75) is 18.2 Å². The molecule has 6 heteroatoms. The second kappa shape index (κ2) is 6.36. The first kappa shape index (κ1) is 14.3. The maximum atomic E-state index is 12.1. The molecule has 1 aromatic rings. The number of rotatable bonds is 6. The van der Waals surface area contributed by atoms with Gasteiger partial charge < -0.3 is 9.47 Å². The molecule has 1 N–H and O–H groups in total. The predicted octanol–water partition coefficient (Wildman–Crippen LogP) is 1.40. The van der Waals surface area contributed by atoms with Crippen LogP contribution in [-0.2, 0) is 14.8 Å². The van der Waals surface area contributed by atoms with Crippen LogP contribution in [0.1, 0.15) is 13.3 Å². The second-order valence-corrected chi connectivity index (χ2v) is 6.25. The Morgan fingerprint density at radius 1 is 1.37 bits per heavy atom. The summed E-state index contributed by atoms with van der Waals surface area (Å²) in [5.74, 6) is 0.947. The van der Waals surface area contributed by atoms with Crippen LogP contribution in [0.5, 0.6) is 5.75 Å². The molecule has 0 bridgehead atoms. The lowest BCUT2D eigenvalue weighted by Crippen LogP contribution is -2.29. The molecule has 106 valence electrons. The Kier molecular flexibility index (Phi) is 4.79. The lowest BCUT2D eigenvalue weighted by Gasteiger charge is -2.10. The summed E-state index contributed by atoms with van der Waals surface area (Å²) in [4.78, 5) is 0.259. The minimum absolute atomic E-state index is 0.259. The van der Waals surface area contributed by atoms with Gasteiger partial charge in [-0.05, 0) is 43.5 Å². The van der Waals surface area contributed by atoms with E-state index in [0.29, 0.717) is 25.5 Å². The first-order chi connectivity index (χ1) is 9.12. The van der Waals surface area contributed by atoms with E-state index in [-0.39, 0.29) is 10.8 Å². The van der Waals surface area contributed by atoms with Gasteiger partial charge in [-0.25, -0.2) is 13.1 Å². The van der Waals surface area contributed by atoms with Crippen molar-refractivity contribution in [1.82, 2.24) is 4.72 Å². The Morgan fingerprint density at radius 3 is 2.68 bits per heavy atom. The van der Waals surface area contributed by atoms with Gasteiger partial charge in [-0.3, -0.25) is 0 Å². The summed E-state index contributed by atoms with van der Waals surface area (Å²) in [6, 6.07) is 6.43. The van der Waals surface area contributed by atoms with Gasteiger partial charge >= 0.3 is 0 Å². The zero-order chi connectivity index (χ0) is 13.7. The van der Waals surface area contributed by atoms with Crippen LogP contribution in [-0.4, -0.2) is 34.8 Å². The van der Waals surface area contributed by atoms with E-state index < -0.39 is 10.0 Å². The molecule has 0 spiro atoms. The summed E-state index contributed by atoms with van der Waals surface area (Å²) in [6.07, 6.45) is 0.909. The predicted molar refractivity (Wildman–Crippen MR) is 71.7 cm³/mol. The lowest BCUT2D eigenvalue weighted by atomic mass is 10.1. The molecule has 1 atom stereocenters. The third-order valence-corrected chi connectivity index (χ3v) is 4.47. The fourth-order valence-corrected chi connectivity index (χ4v) is 3.05. The van der Waals surface area contributed by atoms with Crippen molar-refractivity contribution in [3.05, 3.63) is 24.3 Å².